The highest BCUT2D eigenvalue weighted by Crippen LogP contribution is 2.35. The number of fused-ring (bicyclic) bond motifs is 1. The molecule has 7 heteroatoms. The van der Waals surface area contributed by atoms with Crippen LogP contribution in [0.4, 0.5) is 5.95 Å². The first kappa shape index (κ1) is 15.2. The summed E-state index contributed by atoms with van der Waals surface area (Å²) in [6.07, 6.45) is -0.197. The van der Waals surface area contributed by atoms with Gasteiger partial charge in [-0.2, -0.15) is 4.68 Å². The quantitative estimate of drug-likeness (QED) is 0.875. The summed E-state index contributed by atoms with van der Waals surface area (Å²) in [5.41, 5.74) is 3.29. The van der Waals surface area contributed by atoms with Crippen LogP contribution in [0.15, 0.2) is 35.5 Å². The van der Waals surface area contributed by atoms with Gasteiger partial charge in [0.05, 0.1) is 11.7 Å². The first-order chi connectivity index (χ1) is 11.0. The minimum absolute atomic E-state index is 0.197. The van der Waals surface area contributed by atoms with E-state index >= 15 is 0 Å². The molecule has 23 heavy (non-hydrogen) atoms. The molecule has 0 radical (unpaired) electrons. The third kappa shape index (κ3) is 2.81. The summed E-state index contributed by atoms with van der Waals surface area (Å²) in [6.45, 7) is 7.50. The largest absolute Gasteiger partial charge is 0.459 e. The second kappa shape index (κ2) is 5.83. The number of aromatic nitrogens is 4. The zero-order chi connectivity index (χ0) is 16.6. The van der Waals surface area contributed by atoms with Crippen LogP contribution < -0.4 is 5.32 Å². The molecule has 0 spiro atoms. The molecular weight excluding hydrogens is 294 g/mol. The van der Waals surface area contributed by atoms with Crippen molar-refractivity contribution in [3.63, 3.8) is 0 Å². The van der Waals surface area contributed by atoms with Gasteiger partial charge in [-0.1, -0.05) is 34.9 Å². The molecule has 7 nitrogen and oxygen atoms in total. The number of tetrazole rings is 1. The molecule has 120 valence electrons. The SMILES string of the molecule is CC1=C(C(=O)OC(C)C)[C@@H](c2ccc(C)cc2)n2nnnc2N1. The summed E-state index contributed by atoms with van der Waals surface area (Å²) >= 11 is 0. The summed E-state index contributed by atoms with van der Waals surface area (Å²) in [6, 6.07) is 7.55. The van der Waals surface area contributed by atoms with Gasteiger partial charge in [0.1, 0.15) is 6.04 Å². The Balaban J connectivity index is 2.10. The molecule has 1 aliphatic heterocycles. The summed E-state index contributed by atoms with van der Waals surface area (Å²) in [4.78, 5) is 12.6. The molecule has 0 unspecified atom stereocenters. The number of ether oxygens (including phenoxy) is 1. The predicted octanol–water partition coefficient (Wildman–Crippen LogP) is 2.22. The van der Waals surface area contributed by atoms with E-state index in [0.717, 1.165) is 11.1 Å². The summed E-state index contributed by atoms with van der Waals surface area (Å²) in [7, 11) is 0. The number of rotatable bonds is 3. The van der Waals surface area contributed by atoms with E-state index in [-0.39, 0.29) is 12.1 Å². The summed E-state index contributed by atoms with van der Waals surface area (Å²) in [5, 5.41) is 14.8. The lowest BCUT2D eigenvalue weighted by molar-refractivity contribution is -0.143. The molecule has 0 amide bonds. The molecule has 0 saturated heterocycles. The number of allylic oxidation sites excluding steroid dienone is 1. The predicted molar refractivity (Wildman–Crippen MR) is 84.7 cm³/mol. The van der Waals surface area contributed by atoms with Crippen molar-refractivity contribution >= 4 is 11.9 Å². The van der Waals surface area contributed by atoms with Crippen LogP contribution >= 0.6 is 0 Å². The van der Waals surface area contributed by atoms with Gasteiger partial charge in [0.25, 0.3) is 0 Å². The zero-order valence-electron chi connectivity index (χ0n) is 13.6. The van der Waals surface area contributed by atoms with Crippen LogP contribution in [-0.2, 0) is 9.53 Å². The maximum absolute atomic E-state index is 12.6. The Morgan fingerprint density at radius 1 is 1.26 bits per heavy atom. The monoisotopic (exact) mass is 313 g/mol. The number of nitrogens with zero attached hydrogens (tertiary/aromatic N) is 4. The lowest BCUT2D eigenvalue weighted by Gasteiger charge is -2.27. The van der Waals surface area contributed by atoms with Crippen molar-refractivity contribution < 1.29 is 9.53 Å². The Labute approximate surface area is 134 Å². The fourth-order valence-electron chi connectivity index (χ4n) is 2.61. The normalized spacial score (nSPS) is 17.0. The number of nitrogens with one attached hydrogen (secondary N) is 1. The van der Waals surface area contributed by atoms with Crippen LogP contribution in [0.2, 0.25) is 0 Å². The standard InChI is InChI=1S/C16H19N5O2/c1-9(2)23-15(22)13-11(4)17-16-18-19-20-21(16)14(13)12-7-5-10(3)6-8-12/h5-9,14H,1-4H3,(H,17,18,20)/t14-/m1/s1. The number of benzene rings is 1. The maximum atomic E-state index is 12.6. The van der Waals surface area contributed by atoms with Crippen molar-refractivity contribution in [2.45, 2.75) is 39.8 Å². The van der Waals surface area contributed by atoms with Crippen LogP contribution in [0.25, 0.3) is 0 Å². The number of esters is 1. The Hall–Kier alpha value is -2.70. The Kier molecular flexibility index (Phi) is 3.85. The number of aryl methyl sites for hydroxylation is 1. The van der Waals surface area contributed by atoms with Crippen molar-refractivity contribution in [1.82, 2.24) is 20.2 Å². The number of hydrogen-bond donors (Lipinski definition) is 1. The average Bonchev–Trinajstić information content (AvgIpc) is 2.93. The number of anilines is 1. The second-order valence-corrected chi connectivity index (χ2v) is 5.88. The van der Waals surface area contributed by atoms with Gasteiger partial charge in [0.2, 0.25) is 5.95 Å². The van der Waals surface area contributed by atoms with E-state index in [0.29, 0.717) is 17.2 Å². The lowest BCUT2D eigenvalue weighted by Crippen LogP contribution is -2.30. The van der Waals surface area contributed by atoms with Gasteiger partial charge in [0.15, 0.2) is 0 Å². The Bertz CT molecular complexity index is 761. The molecule has 0 fully saturated rings. The smallest absolute Gasteiger partial charge is 0.338 e. The number of hydrogen-bond acceptors (Lipinski definition) is 6. The van der Waals surface area contributed by atoms with Crippen LogP contribution in [0.5, 0.6) is 0 Å². The zero-order valence-corrected chi connectivity index (χ0v) is 13.6. The second-order valence-electron chi connectivity index (χ2n) is 5.88. The van der Waals surface area contributed by atoms with Gasteiger partial charge in [-0.15, -0.1) is 0 Å². The highest BCUT2D eigenvalue weighted by molar-refractivity contribution is 5.92. The first-order valence-corrected chi connectivity index (χ1v) is 7.50. The van der Waals surface area contributed by atoms with Crippen LogP contribution in [0, 0.1) is 6.92 Å². The van der Waals surface area contributed by atoms with E-state index in [1.165, 1.54) is 0 Å². The van der Waals surface area contributed by atoms with Crippen molar-refractivity contribution in [2.24, 2.45) is 0 Å². The fraction of sp³-hybridized carbons (Fsp3) is 0.375. The molecule has 1 aliphatic rings. The topological polar surface area (TPSA) is 81.9 Å². The van der Waals surface area contributed by atoms with Crippen molar-refractivity contribution in [3.05, 3.63) is 46.7 Å². The molecule has 1 atom stereocenters. The molecule has 1 N–H and O–H groups in total. The summed E-state index contributed by atoms with van der Waals surface area (Å²) < 4.78 is 7.01. The van der Waals surface area contributed by atoms with Crippen LogP contribution in [-0.4, -0.2) is 32.3 Å². The molecule has 0 aliphatic carbocycles. The van der Waals surface area contributed by atoms with Gasteiger partial charge >= 0.3 is 5.97 Å². The van der Waals surface area contributed by atoms with Gasteiger partial charge in [0, 0.05) is 5.70 Å². The highest BCUT2D eigenvalue weighted by atomic mass is 16.5. The van der Waals surface area contributed by atoms with Crippen LogP contribution in [0.3, 0.4) is 0 Å². The van der Waals surface area contributed by atoms with Gasteiger partial charge in [-0.3, -0.25) is 0 Å². The van der Waals surface area contributed by atoms with Gasteiger partial charge in [-0.25, -0.2) is 4.79 Å². The maximum Gasteiger partial charge on any atom is 0.338 e. The molecule has 3 rings (SSSR count). The Morgan fingerprint density at radius 3 is 2.61 bits per heavy atom. The molecule has 0 saturated carbocycles. The number of carbonyl (C=O) groups excluding carboxylic acids is 1. The number of carbonyl (C=O) groups is 1. The average molecular weight is 313 g/mol. The highest BCUT2D eigenvalue weighted by Gasteiger charge is 2.35. The van der Waals surface area contributed by atoms with E-state index in [1.807, 2.05) is 52.0 Å². The third-order valence-corrected chi connectivity index (χ3v) is 3.67. The molecule has 1 aromatic carbocycles. The van der Waals surface area contributed by atoms with E-state index in [4.69, 9.17) is 4.74 Å². The molecule has 1 aromatic heterocycles. The van der Waals surface area contributed by atoms with Crippen LogP contribution in [0.1, 0.15) is 37.9 Å². The lowest BCUT2D eigenvalue weighted by atomic mass is 9.95. The minimum Gasteiger partial charge on any atom is -0.459 e. The van der Waals surface area contributed by atoms with E-state index in [2.05, 4.69) is 20.8 Å². The van der Waals surface area contributed by atoms with Crippen molar-refractivity contribution in [2.75, 3.05) is 5.32 Å². The van der Waals surface area contributed by atoms with Gasteiger partial charge in [-0.05, 0) is 43.7 Å². The Morgan fingerprint density at radius 2 is 1.96 bits per heavy atom. The summed E-state index contributed by atoms with van der Waals surface area (Å²) in [5.74, 6) is 0.144. The molecule has 2 aromatic rings. The van der Waals surface area contributed by atoms with Crippen molar-refractivity contribution in [1.29, 1.82) is 0 Å². The first-order valence-electron chi connectivity index (χ1n) is 7.50. The molecule has 2 heterocycles. The van der Waals surface area contributed by atoms with Gasteiger partial charge < -0.3 is 10.1 Å². The fourth-order valence-corrected chi connectivity index (χ4v) is 2.61. The minimum atomic E-state index is -0.409. The van der Waals surface area contributed by atoms with E-state index in [1.54, 1.807) is 4.68 Å². The molecular formula is C16H19N5O2. The van der Waals surface area contributed by atoms with E-state index in [9.17, 15) is 4.79 Å². The van der Waals surface area contributed by atoms with E-state index < -0.39 is 6.04 Å². The van der Waals surface area contributed by atoms with Crippen molar-refractivity contribution in [3.8, 4) is 0 Å². The molecule has 0 bridgehead atoms. The third-order valence-electron chi connectivity index (χ3n) is 3.67.